The number of likely N-dealkylation sites (tertiary alicyclic amines) is 1. The summed E-state index contributed by atoms with van der Waals surface area (Å²) in [5, 5.41) is 7.93. The maximum atomic E-state index is 12.7. The van der Waals surface area contributed by atoms with E-state index in [0.717, 1.165) is 37.1 Å². The van der Waals surface area contributed by atoms with Gasteiger partial charge in [0.25, 0.3) is 0 Å². The molecule has 0 saturated carbocycles. The Bertz CT molecular complexity index is 689. The standard InChI is InChI=1S/C18H24N4O/c23-18(11-15-12-20-22-10-2-1-7-17(15)22)21-9-4-5-14(13-21)16-6-3-8-19-16/h1-2,7,10,12,14,16,19H,3-6,8-9,11,13H2. The third-order valence-corrected chi connectivity index (χ3v) is 5.33. The van der Waals surface area contributed by atoms with Crippen molar-refractivity contribution in [1.29, 1.82) is 0 Å². The van der Waals surface area contributed by atoms with E-state index in [0.29, 0.717) is 18.4 Å². The quantitative estimate of drug-likeness (QED) is 0.941. The molecule has 2 aromatic rings. The number of hydrogen-bond donors (Lipinski definition) is 1. The molecule has 122 valence electrons. The summed E-state index contributed by atoms with van der Waals surface area (Å²) in [6, 6.07) is 6.59. The van der Waals surface area contributed by atoms with E-state index in [-0.39, 0.29) is 5.91 Å². The minimum Gasteiger partial charge on any atom is -0.342 e. The molecule has 0 spiro atoms. The van der Waals surface area contributed by atoms with E-state index >= 15 is 0 Å². The summed E-state index contributed by atoms with van der Waals surface area (Å²) in [4.78, 5) is 14.8. The van der Waals surface area contributed by atoms with Crippen LogP contribution in [0.5, 0.6) is 0 Å². The molecule has 23 heavy (non-hydrogen) atoms. The van der Waals surface area contributed by atoms with Crippen LogP contribution in [-0.2, 0) is 11.2 Å². The lowest BCUT2D eigenvalue weighted by Crippen LogP contribution is -2.46. The molecule has 2 unspecified atom stereocenters. The second kappa shape index (κ2) is 6.32. The van der Waals surface area contributed by atoms with E-state index in [2.05, 4.69) is 15.3 Å². The van der Waals surface area contributed by atoms with E-state index in [1.54, 1.807) is 0 Å². The molecule has 2 saturated heterocycles. The molecule has 4 rings (SSSR count). The Hall–Kier alpha value is -1.88. The van der Waals surface area contributed by atoms with Crippen LogP contribution < -0.4 is 5.32 Å². The lowest BCUT2D eigenvalue weighted by Gasteiger charge is -2.36. The molecule has 0 aliphatic carbocycles. The normalized spacial score (nSPS) is 25.1. The second-order valence-electron chi connectivity index (χ2n) is 6.82. The Morgan fingerprint density at radius 1 is 1.30 bits per heavy atom. The zero-order valence-corrected chi connectivity index (χ0v) is 13.4. The molecule has 2 atom stereocenters. The lowest BCUT2D eigenvalue weighted by atomic mass is 9.89. The molecule has 2 aromatic heterocycles. The van der Waals surface area contributed by atoms with Gasteiger partial charge in [-0.25, -0.2) is 4.52 Å². The van der Waals surface area contributed by atoms with Crippen molar-refractivity contribution in [2.75, 3.05) is 19.6 Å². The highest BCUT2D eigenvalue weighted by Crippen LogP contribution is 2.25. The Balaban J connectivity index is 1.44. The number of carbonyl (C=O) groups is 1. The average molecular weight is 312 g/mol. The van der Waals surface area contributed by atoms with Gasteiger partial charge in [0.2, 0.25) is 5.91 Å². The lowest BCUT2D eigenvalue weighted by molar-refractivity contribution is -0.132. The number of aromatic nitrogens is 2. The third-order valence-electron chi connectivity index (χ3n) is 5.33. The fourth-order valence-electron chi connectivity index (χ4n) is 4.08. The number of nitrogens with one attached hydrogen (secondary N) is 1. The van der Waals surface area contributed by atoms with Gasteiger partial charge in [0.15, 0.2) is 0 Å². The molecule has 1 N–H and O–H groups in total. The number of hydrogen-bond acceptors (Lipinski definition) is 3. The molecular formula is C18H24N4O. The number of amides is 1. The van der Waals surface area contributed by atoms with Crippen LogP contribution in [0, 0.1) is 5.92 Å². The van der Waals surface area contributed by atoms with Crippen molar-refractivity contribution in [1.82, 2.24) is 19.8 Å². The molecule has 0 aromatic carbocycles. The monoisotopic (exact) mass is 312 g/mol. The Morgan fingerprint density at radius 2 is 2.26 bits per heavy atom. The van der Waals surface area contributed by atoms with Crippen molar-refractivity contribution in [2.24, 2.45) is 5.92 Å². The van der Waals surface area contributed by atoms with Gasteiger partial charge in [-0.2, -0.15) is 5.10 Å². The van der Waals surface area contributed by atoms with Crippen LogP contribution in [0.25, 0.3) is 5.52 Å². The van der Waals surface area contributed by atoms with Gasteiger partial charge in [0.1, 0.15) is 0 Å². The first kappa shape index (κ1) is 14.7. The van der Waals surface area contributed by atoms with Crippen LogP contribution in [0.15, 0.2) is 30.6 Å². The van der Waals surface area contributed by atoms with E-state index in [1.807, 2.05) is 35.1 Å². The SMILES string of the molecule is O=C(Cc1cnn2ccccc12)N1CCCC(C2CCCN2)C1. The molecule has 5 nitrogen and oxygen atoms in total. The number of carbonyl (C=O) groups excluding carboxylic acids is 1. The fourth-order valence-corrected chi connectivity index (χ4v) is 4.08. The van der Waals surface area contributed by atoms with Crippen LogP contribution in [0.2, 0.25) is 0 Å². The average Bonchev–Trinajstić information content (AvgIpc) is 3.25. The largest absolute Gasteiger partial charge is 0.342 e. The minimum atomic E-state index is 0.242. The fraction of sp³-hybridized carbons (Fsp3) is 0.556. The maximum Gasteiger partial charge on any atom is 0.227 e. The van der Waals surface area contributed by atoms with Gasteiger partial charge in [-0.05, 0) is 50.3 Å². The van der Waals surface area contributed by atoms with E-state index < -0.39 is 0 Å². The topological polar surface area (TPSA) is 49.6 Å². The smallest absolute Gasteiger partial charge is 0.227 e. The molecule has 0 bridgehead atoms. The van der Waals surface area contributed by atoms with Crippen LogP contribution >= 0.6 is 0 Å². The number of pyridine rings is 1. The van der Waals surface area contributed by atoms with Crippen LogP contribution in [0.1, 0.15) is 31.2 Å². The number of rotatable bonds is 3. The highest BCUT2D eigenvalue weighted by molar-refractivity contribution is 5.81. The van der Waals surface area contributed by atoms with Crippen molar-refractivity contribution in [3.63, 3.8) is 0 Å². The summed E-state index contributed by atoms with van der Waals surface area (Å²) >= 11 is 0. The van der Waals surface area contributed by atoms with Crippen molar-refractivity contribution in [3.05, 3.63) is 36.2 Å². The van der Waals surface area contributed by atoms with Crippen LogP contribution in [-0.4, -0.2) is 46.1 Å². The zero-order valence-electron chi connectivity index (χ0n) is 13.4. The molecule has 5 heteroatoms. The van der Waals surface area contributed by atoms with Gasteiger partial charge >= 0.3 is 0 Å². The molecule has 2 aliphatic heterocycles. The van der Waals surface area contributed by atoms with Gasteiger partial charge in [-0.3, -0.25) is 4.79 Å². The first-order chi connectivity index (χ1) is 11.3. The summed E-state index contributed by atoms with van der Waals surface area (Å²) in [6.07, 6.45) is 9.12. The van der Waals surface area contributed by atoms with E-state index in [9.17, 15) is 4.79 Å². The van der Waals surface area contributed by atoms with Crippen molar-refractivity contribution in [3.8, 4) is 0 Å². The van der Waals surface area contributed by atoms with Gasteiger partial charge < -0.3 is 10.2 Å². The summed E-state index contributed by atoms with van der Waals surface area (Å²) < 4.78 is 1.84. The molecular weight excluding hydrogens is 288 g/mol. The van der Waals surface area contributed by atoms with Crippen molar-refractivity contribution in [2.45, 2.75) is 38.1 Å². The second-order valence-corrected chi connectivity index (χ2v) is 6.82. The number of fused-ring (bicyclic) bond motifs is 1. The summed E-state index contributed by atoms with van der Waals surface area (Å²) in [7, 11) is 0. The predicted octanol–water partition coefficient (Wildman–Crippen LogP) is 1.87. The minimum absolute atomic E-state index is 0.242. The van der Waals surface area contributed by atoms with Gasteiger partial charge in [0, 0.05) is 30.9 Å². The van der Waals surface area contributed by atoms with Gasteiger partial charge in [-0.1, -0.05) is 6.07 Å². The Labute approximate surface area is 136 Å². The zero-order chi connectivity index (χ0) is 15.6. The number of nitrogens with zero attached hydrogens (tertiary/aromatic N) is 3. The molecule has 2 fully saturated rings. The summed E-state index contributed by atoms with van der Waals surface area (Å²) in [6.45, 7) is 2.95. The third kappa shape index (κ3) is 2.98. The Kier molecular flexibility index (Phi) is 4.04. The Morgan fingerprint density at radius 3 is 3.13 bits per heavy atom. The highest BCUT2D eigenvalue weighted by Gasteiger charge is 2.30. The van der Waals surface area contributed by atoms with E-state index in [1.165, 1.54) is 19.3 Å². The van der Waals surface area contributed by atoms with Crippen LogP contribution in [0.4, 0.5) is 0 Å². The highest BCUT2D eigenvalue weighted by atomic mass is 16.2. The first-order valence-corrected chi connectivity index (χ1v) is 8.73. The molecule has 1 amide bonds. The predicted molar refractivity (Wildman–Crippen MR) is 89.2 cm³/mol. The summed E-state index contributed by atoms with van der Waals surface area (Å²) in [5.74, 6) is 0.866. The van der Waals surface area contributed by atoms with Crippen molar-refractivity contribution >= 4 is 11.4 Å². The molecule has 4 heterocycles. The molecule has 0 radical (unpaired) electrons. The van der Waals surface area contributed by atoms with E-state index in [4.69, 9.17) is 0 Å². The number of piperidine rings is 1. The van der Waals surface area contributed by atoms with Gasteiger partial charge in [0.05, 0.1) is 18.1 Å². The summed E-state index contributed by atoms with van der Waals surface area (Å²) in [5.41, 5.74) is 2.06. The molecule has 2 aliphatic rings. The maximum absolute atomic E-state index is 12.7. The first-order valence-electron chi connectivity index (χ1n) is 8.73. The van der Waals surface area contributed by atoms with Crippen molar-refractivity contribution < 1.29 is 4.79 Å². The van der Waals surface area contributed by atoms with Gasteiger partial charge in [-0.15, -0.1) is 0 Å². The van der Waals surface area contributed by atoms with Crippen LogP contribution in [0.3, 0.4) is 0 Å².